The molecule has 0 spiro atoms. The lowest BCUT2D eigenvalue weighted by atomic mass is 9.89. The first-order valence-corrected chi connectivity index (χ1v) is 6.32. The summed E-state index contributed by atoms with van der Waals surface area (Å²) < 4.78 is 15.3. The number of rotatable bonds is 7. The molecule has 1 heterocycles. The molecule has 1 fully saturated rings. The van der Waals surface area contributed by atoms with Gasteiger partial charge in [-0.3, -0.25) is 4.79 Å². The van der Waals surface area contributed by atoms with E-state index in [-0.39, 0.29) is 13.2 Å². The largest absolute Gasteiger partial charge is 0.466 e. The number of amides is 1. The molecule has 1 N–H and O–H groups in total. The first kappa shape index (κ1) is 14.8. The summed E-state index contributed by atoms with van der Waals surface area (Å²) >= 11 is 0. The Kier molecular flexibility index (Phi) is 6.49. The summed E-state index contributed by atoms with van der Waals surface area (Å²) in [4.78, 5) is 21.6. The van der Waals surface area contributed by atoms with Crippen molar-refractivity contribution in [2.45, 2.75) is 38.2 Å². The van der Waals surface area contributed by atoms with Crippen LogP contribution < -0.4 is 5.32 Å². The van der Waals surface area contributed by atoms with Gasteiger partial charge in [0.1, 0.15) is 12.2 Å². The molecule has 6 nitrogen and oxygen atoms in total. The van der Waals surface area contributed by atoms with Crippen LogP contribution in [0.2, 0.25) is 0 Å². The number of nitrogens with one attached hydrogen (secondary N) is 1. The molecule has 6 heteroatoms. The molecule has 1 aliphatic heterocycles. The van der Waals surface area contributed by atoms with Crippen molar-refractivity contribution in [1.29, 1.82) is 0 Å². The Balaban J connectivity index is 2.35. The van der Waals surface area contributed by atoms with Crippen LogP contribution in [0.15, 0.2) is 0 Å². The number of carbonyl (C=O) groups excluding carboxylic acids is 2. The third-order valence-electron chi connectivity index (χ3n) is 2.98. The Labute approximate surface area is 107 Å². The van der Waals surface area contributed by atoms with Gasteiger partial charge < -0.3 is 19.5 Å². The fourth-order valence-corrected chi connectivity index (χ4v) is 2.09. The Morgan fingerprint density at radius 2 is 2.17 bits per heavy atom. The van der Waals surface area contributed by atoms with Gasteiger partial charge in [-0.1, -0.05) is 13.3 Å². The monoisotopic (exact) mass is 259 g/mol. The smallest absolute Gasteiger partial charge is 0.407 e. The molecule has 0 unspecified atom stereocenters. The van der Waals surface area contributed by atoms with E-state index >= 15 is 0 Å². The summed E-state index contributed by atoms with van der Waals surface area (Å²) in [5.74, 6) is 0. The Bertz CT molecular complexity index is 258. The Morgan fingerprint density at radius 1 is 1.44 bits per heavy atom. The van der Waals surface area contributed by atoms with Gasteiger partial charge in [0.05, 0.1) is 19.8 Å². The fourth-order valence-electron chi connectivity index (χ4n) is 2.09. The maximum atomic E-state index is 11.6. The first-order valence-electron chi connectivity index (χ1n) is 6.32. The standard InChI is InChI=1S/C12H21NO5/c1-2-3-12(4-7-16-8-5-12)18-11(15)13-6-9-17-10-14/h10H,2-9H2,1H3,(H,13,15). The van der Waals surface area contributed by atoms with Gasteiger partial charge in [0.2, 0.25) is 0 Å². The minimum atomic E-state index is -0.458. The number of carbonyl (C=O) groups is 2. The van der Waals surface area contributed by atoms with Crippen LogP contribution in [0.3, 0.4) is 0 Å². The number of ether oxygens (including phenoxy) is 3. The van der Waals surface area contributed by atoms with Crippen LogP contribution in [0, 0.1) is 0 Å². The molecule has 0 bridgehead atoms. The van der Waals surface area contributed by atoms with E-state index in [0.29, 0.717) is 19.7 Å². The van der Waals surface area contributed by atoms with Crippen LogP contribution in [0.1, 0.15) is 32.6 Å². The molecule has 0 saturated carbocycles. The van der Waals surface area contributed by atoms with E-state index in [4.69, 9.17) is 9.47 Å². The topological polar surface area (TPSA) is 73.9 Å². The summed E-state index contributed by atoms with van der Waals surface area (Å²) in [5, 5.41) is 2.56. The van der Waals surface area contributed by atoms with Gasteiger partial charge in [-0.2, -0.15) is 0 Å². The van der Waals surface area contributed by atoms with Crippen molar-refractivity contribution in [2.75, 3.05) is 26.4 Å². The van der Waals surface area contributed by atoms with E-state index in [1.807, 2.05) is 0 Å². The van der Waals surface area contributed by atoms with Crippen molar-refractivity contribution in [2.24, 2.45) is 0 Å². The first-order chi connectivity index (χ1) is 8.72. The SMILES string of the molecule is CCCC1(OC(=O)NCCOC=O)CCOCC1. The highest BCUT2D eigenvalue weighted by atomic mass is 16.6. The van der Waals surface area contributed by atoms with Gasteiger partial charge in [0, 0.05) is 12.8 Å². The third-order valence-corrected chi connectivity index (χ3v) is 2.98. The number of hydrogen-bond donors (Lipinski definition) is 1. The van der Waals surface area contributed by atoms with E-state index in [2.05, 4.69) is 17.0 Å². The molecule has 0 aromatic rings. The Hall–Kier alpha value is -1.30. The van der Waals surface area contributed by atoms with Crippen LogP contribution in [-0.2, 0) is 19.0 Å². The maximum absolute atomic E-state index is 11.6. The normalized spacial score (nSPS) is 17.8. The van der Waals surface area contributed by atoms with E-state index in [9.17, 15) is 9.59 Å². The molecule has 18 heavy (non-hydrogen) atoms. The minimum absolute atomic E-state index is 0.155. The highest BCUT2D eigenvalue weighted by Crippen LogP contribution is 2.30. The molecule has 1 rings (SSSR count). The van der Waals surface area contributed by atoms with Crippen LogP contribution in [0.4, 0.5) is 4.79 Å². The zero-order valence-electron chi connectivity index (χ0n) is 10.8. The lowest BCUT2D eigenvalue weighted by Crippen LogP contribution is -2.44. The highest BCUT2D eigenvalue weighted by Gasteiger charge is 2.35. The van der Waals surface area contributed by atoms with Gasteiger partial charge >= 0.3 is 6.09 Å². The van der Waals surface area contributed by atoms with Gasteiger partial charge in [0.15, 0.2) is 0 Å². The highest BCUT2D eigenvalue weighted by molar-refractivity contribution is 5.67. The predicted octanol–water partition coefficient (Wildman–Crippen LogP) is 1.23. The average molecular weight is 259 g/mol. The van der Waals surface area contributed by atoms with Crippen LogP contribution >= 0.6 is 0 Å². The molecule has 0 aromatic carbocycles. The van der Waals surface area contributed by atoms with Crippen molar-refractivity contribution in [3.05, 3.63) is 0 Å². The van der Waals surface area contributed by atoms with E-state index in [0.717, 1.165) is 25.7 Å². The molecule has 0 radical (unpaired) electrons. The summed E-state index contributed by atoms with van der Waals surface area (Å²) in [5.41, 5.74) is -0.400. The molecule has 0 atom stereocenters. The zero-order valence-corrected chi connectivity index (χ0v) is 10.8. The number of hydrogen-bond acceptors (Lipinski definition) is 5. The van der Waals surface area contributed by atoms with Crippen LogP contribution in [0.5, 0.6) is 0 Å². The molecule has 104 valence electrons. The van der Waals surface area contributed by atoms with Crippen molar-refractivity contribution >= 4 is 12.6 Å². The van der Waals surface area contributed by atoms with E-state index in [1.165, 1.54) is 0 Å². The summed E-state index contributed by atoms with van der Waals surface area (Å²) in [7, 11) is 0. The van der Waals surface area contributed by atoms with Crippen molar-refractivity contribution in [1.82, 2.24) is 5.32 Å². The van der Waals surface area contributed by atoms with Gasteiger partial charge in [-0.25, -0.2) is 4.79 Å². The molecule has 0 aliphatic carbocycles. The number of alkyl carbamates (subject to hydrolysis) is 1. The van der Waals surface area contributed by atoms with Crippen molar-refractivity contribution in [3.63, 3.8) is 0 Å². The van der Waals surface area contributed by atoms with E-state index in [1.54, 1.807) is 0 Å². The summed E-state index contributed by atoms with van der Waals surface area (Å²) in [6.45, 7) is 4.09. The molecule has 1 amide bonds. The summed E-state index contributed by atoms with van der Waals surface area (Å²) in [6, 6.07) is 0. The molecule has 1 saturated heterocycles. The van der Waals surface area contributed by atoms with Gasteiger partial charge in [-0.15, -0.1) is 0 Å². The second kappa shape index (κ2) is 7.92. The Morgan fingerprint density at radius 3 is 2.78 bits per heavy atom. The second-order valence-electron chi connectivity index (χ2n) is 4.33. The predicted molar refractivity (Wildman–Crippen MR) is 64.2 cm³/mol. The van der Waals surface area contributed by atoms with E-state index < -0.39 is 11.7 Å². The fraction of sp³-hybridized carbons (Fsp3) is 0.833. The van der Waals surface area contributed by atoms with Crippen molar-refractivity contribution in [3.8, 4) is 0 Å². The quantitative estimate of drug-likeness (QED) is 0.550. The van der Waals surface area contributed by atoms with Gasteiger partial charge in [-0.05, 0) is 6.42 Å². The van der Waals surface area contributed by atoms with Crippen LogP contribution in [-0.4, -0.2) is 44.5 Å². The third kappa shape index (κ3) is 4.91. The second-order valence-corrected chi connectivity index (χ2v) is 4.33. The van der Waals surface area contributed by atoms with Crippen LogP contribution in [0.25, 0.3) is 0 Å². The lowest BCUT2D eigenvalue weighted by Gasteiger charge is -2.36. The summed E-state index contributed by atoms with van der Waals surface area (Å²) in [6.07, 6.45) is 2.81. The molecule has 0 aromatic heterocycles. The lowest BCUT2D eigenvalue weighted by molar-refractivity contribution is -0.128. The molecular weight excluding hydrogens is 238 g/mol. The molecular formula is C12H21NO5. The average Bonchev–Trinajstić information content (AvgIpc) is 2.36. The zero-order chi connectivity index (χ0) is 13.3. The van der Waals surface area contributed by atoms with Crippen molar-refractivity contribution < 1.29 is 23.8 Å². The van der Waals surface area contributed by atoms with Gasteiger partial charge in [0.25, 0.3) is 6.47 Å². The molecule has 1 aliphatic rings. The maximum Gasteiger partial charge on any atom is 0.407 e. The minimum Gasteiger partial charge on any atom is -0.466 e.